The molecule has 0 aliphatic rings. The minimum absolute atomic E-state index is 0.0601. The van der Waals surface area contributed by atoms with E-state index in [0.717, 1.165) is 6.42 Å². The van der Waals surface area contributed by atoms with E-state index < -0.39 is 0 Å². The summed E-state index contributed by atoms with van der Waals surface area (Å²) < 4.78 is 9.96. The van der Waals surface area contributed by atoms with Crippen LogP contribution in [0.25, 0.3) is 0 Å². The highest BCUT2D eigenvalue weighted by Crippen LogP contribution is 2.09. The maximum atomic E-state index is 5.21. The Hall–Kier alpha value is -0.0800. The normalized spacial score (nSPS) is 16.8. The Bertz CT molecular complexity index is 73.7. The molecule has 0 rings (SSSR count). The topological polar surface area (TPSA) is 18.5 Å². The van der Waals surface area contributed by atoms with Crippen LogP contribution in [0, 0.1) is 12.8 Å². The molecule has 2 unspecified atom stereocenters. The number of ether oxygens (including phenoxy) is 2. The zero-order valence-corrected chi connectivity index (χ0v) is 7.09. The molecule has 2 nitrogen and oxygen atoms in total. The molecule has 0 spiro atoms. The summed E-state index contributed by atoms with van der Waals surface area (Å²) in [6.45, 7) is 8.43. The van der Waals surface area contributed by atoms with Crippen molar-refractivity contribution < 1.29 is 9.47 Å². The Kier molecular flexibility index (Phi) is 5.64. The van der Waals surface area contributed by atoms with Crippen LogP contribution in [0.15, 0.2) is 0 Å². The quantitative estimate of drug-likeness (QED) is 0.550. The first kappa shape index (κ1) is 9.92. The van der Waals surface area contributed by atoms with Gasteiger partial charge in [-0.2, -0.15) is 0 Å². The van der Waals surface area contributed by atoms with E-state index in [9.17, 15) is 0 Å². The van der Waals surface area contributed by atoms with Gasteiger partial charge in [-0.1, -0.05) is 20.3 Å². The van der Waals surface area contributed by atoms with Gasteiger partial charge in [0.15, 0.2) is 0 Å². The van der Waals surface area contributed by atoms with Crippen LogP contribution in [0.3, 0.4) is 0 Å². The Balaban J connectivity index is 3.31. The molecule has 0 aromatic carbocycles. The Morgan fingerprint density at radius 3 is 2.50 bits per heavy atom. The molecule has 0 saturated heterocycles. The van der Waals surface area contributed by atoms with Crippen LogP contribution in [0.2, 0.25) is 0 Å². The van der Waals surface area contributed by atoms with Crippen LogP contribution >= 0.6 is 0 Å². The molecule has 0 saturated carbocycles. The van der Waals surface area contributed by atoms with Gasteiger partial charge in [-0.15, -0.1) is 0 Å². The number of hydrogen-bond donors (Lipinski definition) is 0. The predicted molar refractivity (Wildman–Crippen MR) is 41.6 cm³/mol. The van der Waals surface area contributed by atoms with Crippen LogP contribution in [0.1, 0.15) is 20.3 Å². The third kappa shape index (κ3) is 3.85. The van der Waals surface area contributed by atoms with Gasteiger partial charge in [-0.3, -0.25) is 0 Å². The highest BCUT2D eigenvalue weighted by atomic mass is 16.7. The maximum Gasteiger partial charge on any atom is 0.146 e. The van der Waals surface area contributed by atoms with Crippen LogP contribution in [-0.4, -0.2) is 20.0 Å². The zero-order valence-electron chi connectivity index (χ0n) is 7.09. The summed E-state index contributed by atoms with van der Waals surface area (Å²) in [6.07, 6.45) is 1.16. The van der Waals surface area contributed by atoms with Gasteiger partial charge in [0.25, 0.3) is 0 Å². The Labute approximate surface area is 63.5 Å². The molecule has 0 aliphatic heterocycles. The highest BCUT2D eigenvalue weighted by molar-refractivity contribution is 4.65. The van der Waals surface area contributed by atoms with Crippen molar-refractivity contribution in [1.29, 1.82) is 0 Å². The Morgan fingerprint density at radius 2 is 2.10 bits per heavy atom. The summed E-state index contributed by atoms with van der Waals surface area (Å²) in [5.41, 5.74) is 0. The average Bonchev–Trinajstić information content (AvgIpc) is 1.98. The zero-order chi connectivity index (χ0) is 7.98. The maximum absolute atomic E-state index is 5.21. The second kappa shape index (κ2) is 5.69. The summed E-state index contributed by atoms with van der Waals surface area (Å²) in [5, 5.41) is 0. The molecule has 0 aromatic rings. The first-order valence-corrected chi connectivity index (χ1v) is 3.66. The predicted octanol–water partition coefficient (Wildman–Crippen LogP) is 1.86. The van der Waals surface area contributed by atoms with Crippen LogP contribution in [0.4, 0.5) is 0 Å². The number of rotatable bonds is 5. The molecule has 61 valence electrons. The average molecular weight is 145 g/mol. The van der Waals surface area contributed by atoms with Crippen molar-refractivity contribution in [3.63, 3.8) is 0 Å². The first-order valence-electron chi connectivity index (χ1n) is 3.66. The second-order valence-corrected chi connectivity index (χ2v) is 2.50. The van der Waals surface area contributed by atoms with E-state index in [-0.39, 0.29) is 6.10 Å². The smallest absolute Gasteiger partial charge is 0.146 e. The standard InChI is InChI=1S/C8H17O2/c1-5-7(2)8(3)10-6-9-4/h7-8H,3,5-6H2,1-2,4H3. The monoisotopic (exact) mass is 145 g/mol. The lowest BCUT2D eigenvalue weighted by atomic mass is 10.0. The molecule has 0 aliphatic carbocycles. The molecule has 0 bridgehead atoms. The molecule has 2 heteroatoms. The second-order valence-electron chi connectivity index (χ2n) is 2.50. The molecule has 0 fully saturated rings. The summed E-state index contributed by atoms with van der Waals surface area (Å²) in [6, 6.07) is 0. The molecule has 10 heavy (non-hydrogen) atoms. The van der Waals surface area contributed by atoms with E-state index in [2.05, 4.69) is 20.8 Å². The lowest BCUT2D eigenvalue weighted by molar-refractivity contribution is -0.0722. The highest BCUT2D eigenvalue weighted by Gasteiger charge is 2.09. The number of methoxy groups -OCH3 is 1. The number of hydrogen-bond acceptors (Lipinski definition) is 2. The molecule has 1 radical (unpaired) electrons. The third-order valence-electron chi connectivity index (χ3n) is 1.68. The van der Waals surface area contributed by atoms with Crippen LogP contribution < -0.4 is 0 Å². The fraction of sp³-hybridized carbons (Fsp3) is 0.875. The van der Waals surface area contributed by atoms with Crippen molar-refractivity contribution in [2.45, 2.75) is 26.4 Å². The van der Waals surface area contributed by atoms with Crippen molar-refractivity contribution >= 4 is 0 Å². The van der Waals surface area contributed by atoms with Crippen molar-refractivity contribution in [2.24, 2.45) is 5.92 Å². The van der Waals surface area contributed by atoms with E-state index in [1.165, 1.54) is 0 Å². The molecule has 2 atom stereocenters. The third-order valence-corrected chi connectivity index (χ3v) is 1.68. The van der Waals surface area contributed by atoms with Crippen LogP contribution in [0.5, 0.6) is 0 Å². The van der Waals surface area contributed by atoms with Gasteiger partial charge in [0.05, 0.1) is 6.10 Å². The van der Waals surface area contributed by atoms with Gasteiger partial charge in [0.1, 0.15) is 6.79 Å². The molecule has 0 aromatic heterocycles. The van der Waals surface area contributed by atoms with Gasteiger partial charge in [-0.25, -0.2) is 0 Å². The lowest BCUT2D eigenvalue weighted by Crippen LogP contribution is -2.18. The fourth-order valence-corrected chi connectivity index (χ4v) is 0.583. The fourth-order valence-electron chi connectivity index (χ4n) is 0.583. The van der Waals surface area contributed by atoms with E-state index in [1.807, 2.05) is 0 Å². The van der Waals surface area contributed by atoms with Crippen LogP contribution in [-0.2, 0) is 9.47 Å². The summed E-state index contributed by atoms with van der Waals surface area (Å²) >= 11 is 0. The van der Waals surface area contributed by atoms with E-state index in [1.54, 1.807) is 7.11 Å². The lowest BCUT2D eigenvalue weighted by Gasteiger charge is -2.17. The van der Waals surface area contributed by atoms with Crippen molar-refractivity contribution in [3.05, 3.63) is 6.92 Å². The van der Waals surface area contributed by atoms with Gasteiger partial charge >= 0.3 is 0 Å². The minimum atomic E-state index is 0.0601. The summed E-state index contributed by atoms with van der Waals surface area (Å²) in [4.78, 5) is 0. The van der Waals surface area contributed by atoms with Gasteiger partial charge < -0.3 is 9.47 Å². The van der Waals surface area contributed by atoms with Crippen molar-refractivity contribution in [2.75, 3.05) is 13.9 Å². The van der Waals surface area contributed by atoms with Gasteiger partial charge in [-0.05, 0) is 12.8 Å². The van der Waals surface area contributed by atoms with Gasteiger partial charge in [0, 0.05) is 7.11 Å². The Morgan fingerprint density at radius 1 is 1.50 bits per heavy atom. The van der Waals surface area contributed by atoms with Crippen molar-refractivity contribution in [3.8, 4) is 0 Å². The van der Waals surface area contributed by atoms with Crippen molar-refractivity contribution in [1.82, 2.24) is 0 Å². The molecule has 0 amide bonds. The van der Waals surface area contributed by atoms with E-state index in [0.29, 0.717) is 12.7 Å². The molecule has 0 heterocycles. The van der Waals surface area contributed by atoms with Gasteiger partial charge in [0.2, 0.25) is 0 Å². The summed E-state index contributed by atoms with van der Waals surface area (Å²) in [5.74, 6) is 0.509. The molecular formula is C8H17O2. The summed E-state index contributed by atoms with van der Waals surface area (Å²) in [7, 11) is 1.61. The van der Waals surface area contributed by atoms with E-state index >= 15 is 0 Å². The first-order chi connectivity index (χ1) is 4.72. The largest absolute Gasteiger partial charge is 0.359 e. The minimum Gasteiger partial charge on any atom is -0.359 e. The molecule has 0 N–H and O–H groups in total. The SMILES string of the molecule is [CH2]C(OCOC)C(C)CC. The van der Waals surface area contributed by atoms with E-state index in [4.69, 9.17) is 9.47 Å². The molecular weight excluding hydrogens is 128 g/mol.